The summed E-state index contributed by atoms with van der Waals surface area (Å²) in [7, 11) is 4.21. The van der Waals surface area contributed by atoms with Crippen LogP contribution < -0.4 is 16.0 Å². The van der Waals surface area contributed by atoms with Gasteiger partial charge in [-0.05, 0) is 39.9 Å². The Balaban J connectivity index is 0.000000159. The van der Waals surface area contributed by atoms with Crippen molar-refractivity contribution >= 4 is 0 Å². The van der Waals surface area contributed by atoms with Crippen molar-refractivity contribution in [1.82, 2.24) is 20.9 Å². The number of hydrogen-bond acceptors (Lipinski definition) is 4. The molecule has 0 aromatic carbocycles. The monoisotopic (exact) mass is 256 g/mol. The number of piperazine rings is 1. The van der Waals surface area contributed by atoms with Crippen molar-refractivity contribution in [3.63, 3.8) is 0 Å². The SMILES string of the molecule is CC.CN1CC2CC1CN2.CNCC1CCCN1. The van der Waals surface area contributed by atoms with Gasteiger partial charge in [-0.25, -0.2) is 0 Å². The molecule has 0 spiro atoms. The molecule has 18 heavy (non-hydrogen) atoms. The summed E-state index contributed by atoms with van der Waals surface area (Å²) >= 11 is 0. The van der Waals surface area contributed by atoms with E-state index >= 15 is 0 Å². The van der Waals surface area contributed by atoms with Crippen molar-refractivity contribution < 1.29 is 0 Å². The van der Waals surface area contributed by atoms with Crippen LogP contribution in [0.1, 0.15) is 33.1 Å². The van der Waals surface area contributed by atoms with Crippen LogP contribution in [0.4, 0.5) is 0 Å². The molecular formula is C14H32N4. The van der Waals surface area contributed by atoms with Crippen LogP contribution >= 0.6 is 0 Å². The second-order valence-electron chi connectivity index (χ2n) is 5.29. The summed E-state index contributed by atoms with van der Waals surface area (Å²) in [4.78, 5) is 2.45. The number of fused-ring (bicyclic) bond motifs is 2. The van der Waals surface area contributed by atoms with Gasteiger partial charge >= 0.3 is 0 Å². The molecule has 108 valence electrons. The average molecular weight is 256 g/mol. The molecule has 3 rings (SSSR count). The van der Waals surface area contributed by atoms with E-state index in [1.807, 2.05) is 20.9 Å². The fraction of sp³-hybridized carbons (Fsp3) is 1.00. The predicted molar refractivity (Wildman–Crippen MR) is 79.1 cm³/mol. The van der Waals surface area contributed by atoms with E-state index in [0.29, 0.717) is 0 Å². The average Bonchev–Trinajstić information content (AvgIpc) is 3.09. The third kappa shape index (κ3) is 4.84. The van der Waals surface area contributed by atoms with Crippen LogP contribution in [0.3, 0.4) is 0 Å². The molecule has 3 unspecified atom stereocenters. The normalized spacial score (nSPS) is 33.7. The van der Waals surface area contributed by atoms with Crippen LogP contribution in [-0.4, -0.2) is 63.3 Å². The van der Waals surface area contributed by atoms with Crippen molar-refractivity contribution in [2.24, 2.45) is 0 Å². The third-order valence-electron chi connectivity index (χ3n) is 3.94. The number of nitrogens with zero attached hydrogens (tertiary/aromatic N) is 1. The Morgan fingerprint density at radius 3 is 2.39 bits per heavy atom. The van der Waals surface area contributed by atoms with Gasteiger partial charge in [-0.2, -0.15) is 0 Å². The van der Waals surface area contributed by atoms with Gasteiger partial charge in [0.15, 0.2) is 0 Å². The Hall–Kier alpha value is -0.160. The third-order valence-corrected chi connectivity index (χ3v) is 3.94. The summed E-state index contributed by atoms with van der Waals surface area (Å²) in [5, 5.41) is 9.99. The van der Waals surface area contributed by atoms with E-state index in [4.69, 9.17) is 0 Å². The molecule has 0 saturated carbocycles. The molecule has 3 heterocycles. The van der Waals surface area contributed by atoms with Crippen molar-refractivity contribution in [3.8, 4) is 0 Å². The molecule has 0 aromatic heterocycles. The largest absolute Gasteiger partial charge is 0.318 e. The van der Waals surface area contributed by atoms with Crippen LogP contribution in [0, 0.1) is 0 Å². The molecule has 0 aliphatic carbocycles. The topological polar surface area (TPSA) is 39.3 Å². The molecule has 3 atom stereocenters. The summed E-state index contributed by atoms with van der Waals surface area (Å²) in [6.45, 7) is 8.83. The molecule has 4 nitrogen and oxygen atoms in total. The first-order chi connectivity index (χ1) is 8.79. The summed E-state index contributed by atoms with van der Waals surface area (Å²) in [6.07, 6.45) is 4.09. The maximum atomic E-state index is 3.44. The smallest absolute Gasteiger partial charge is 0.0233 e. The lowest BCUT2D eigenvalue weighted by molar-refractivity contribution is 0.276. The van der Waals surface area contributed by atoms with Crippen LogP contribution in [0.25, 0.3) is 0 Å². The molecular weight excluding hydrogens is 224 g/mol. The lowest BCUT2D eigenvalue weighted by atomic mass is 10.2. The van der Waals surface area contributed by atoms with Gasteiger partial charge in [0.05, 0.1) is 0 Å². The van der Waals surface area contributed by atoms with Crippen molar-refractivity contribution in [2.75, 3.05) is 40.3 Å². The van der Waals surface area contributed by atoms with Gasteiger partial charge in [0.25, 0.3) is 0 Å². The summed E-state index contributed by atoms with van der Waals surface area (Å²) in [6, 6.07) is 2.44. The second kappa shape index (κ2) is 8.86. The van der Waals surface area contributed by atoms with Crippen molar-refractivity contribution in [2.45, 2.75) is 51.2 Å². The Bertz CT molecular complexity index is 202. The molecule has 3 N–H and O–H groups in total. The quantitative estimate of drug-likeness (QED) is 0.678. The van der Waals surface area contributed by atoms with E-state index < -0.39 is 0 Å². The first-order valence-corrected chi connectivity index (χ1v) is 7.61. The van der Waals surface area contributed by atoms with Gasteiger partial charge < -0.3 is 20.9 Å². The fourth-order valence-corrected chi connectivity index (χ4v) is 2.95. The zero-order valence-electron chi connectivity index (χ0n) is 12.6. The highest BCUT2D eigenvalue weighted by Gasteiger charge is 2.34. The maximum Gasteiger partial charge on any atom is 0.0233 e. The van der Waals surface area contributed by atoms with Crippen LogP contribution in [0.5, 0.6) is 0 Å². The zero-order valence-corrected chi connectivity index (χ0v) is 12.6. The molecule has 0 aromatic rings. The first kappa shape index (κ1) is 15.9. The van der Waals surface area contributed by atoms with Crippen molar-refractivity contribution in [3.05, 3.63) is 0 Å². The minimum Gasteiger partial charge on any atom is -0.318 e. The minimum absolute atomic E-state index is 0.750. The second-order valence-corrected chi connectivity index (χ2v) is 5.29. The van der Waals surface area contributed by atoms with Gasteiger partial charge in [0.2, 0.25) is 0 Å². The Kier molecular flexibility index (Phi) is 7.82. The van der Waals surface area contributed by atoms with Crippen LogP contribution in [0.15, 0.2) is 0 Å². The van der Waals surface area contributed by atoms with Crippen LogP contribution in [-0.2, 0) is 0 Å². The number of rotatable bonds is 2. The van der Waals surface area contributed by atoms with Gasteiger partial charge in [-0.3, -0.25) is 0 Å². The summed E-state index contributed by atoms with van der Waals surface area (Å²) in [5.41, 5.74) is 0. The van der Waals surface area contributed by atoms with E-state index in [1.165, 1.54) is 38.9 Å². The molecule has 3 saturated heterocycles. The van der Waals surface area contributed by atoms with Crippen LogP contribution in [0.2, 0.25) is 0 Å². The van der Waals surface area contributed by atoms with Gasteiger partial charge in [0, 0.05) is 37.8 Å². The molecule has 0 amide bonds. The maximum absolute atomic E-state index is 3.44. The van der Waals surface area contributed by atoms with E-state index in [2.05, 4.69) is 27.9 Å². The van der Waals surface area contributed by atoms with Gasteiger partial charge in [-0.15, -0.1) is 0 Å². The van der Waals surface area contributed by atoms with E-state index in [9.17, 15) is 0 Å². The molecule has 2 bridgehead atoms. The first-order valence-electron chi connectivity index (χ1n) is 7.61. The minimum atomic E-state index is 0.750. The Morgan fingerprint density at radius 1 is 1.28 bits per heavy atom. The Labute approximate surface area is 113 Å². The highest BCUT2D eigenvalue weighted by molar-refractivity contribution is 4.95. The molecule has 0 radical (unpaired) electrons. The highest BCUT2D eigenvalue weighted by atomic mass is 15.3. The number of likely N-dealkylation sites (N-methyl/N-ethyl adjacent to an activating group) is 2. The predicted octanol–water partition coefficient (Wildman–Crippen LogP) is 0.646. The van der Waals surface area contributed by atoms with Crippen molar-refractivity contribution in [1.29, 1.82) is 0 Å². The molecule has 3 aliphatic heterocycles. The zero-order chi connectivity index (χ0) is 13.4. The number of nitrogens with one attached hydrogen (secondary N) is 3. The molecule has 4 heteroatoms. The lowest BCUT2D eigenvalue weighted by Crippen LogP contribution is -2.41. The summed E-state index contributed by atoms with van der Waals surface area (Å²) in [5.74, 6) is 0. The Morgan fingerprint density at radius 2 is 2.06 bits per heavy atom. The number of likely N-dealkylation sites (tertiary alicyclic amines) is 1. The molecule has 3 aliphatic rings. The van der Waals surface area contributed by atoms with E-state index in [-0.39, 0.29) is 0 Å². The lowest BCUT2D eigenvalue weighted by Gasteiger charge is -2.21. The standard InChI is InChI=1S/C6H12N2.C6H14N2.C2H6/c1-8-4-5-2-6(8)3-7-5;1-7-5-6-3-2-4-8-6;1-2/h5-7H,2-4H2,1H3;6-8H,2-5H2,1H3;1-2H3. The molecule has 3 fully saturated rings. The number of hydrogen-bond donors (Lipinski definition) is 3. The van der Waals surface area contributed by atoms with Gasteiger partial charge in [0.1, 0.15) is 0 Å². The fourth-order valence-electron chi connectivity index (χ4n) is 2.95. The highest BCUT2D eigenvalue weighted by Crippen LogP contribution is 2.20. The van der Waals surface area contributed by atoms with Gasteiger partial charge in [-0.1, -0.05) is 13.8 Å². The van der Waals surface area contributed by atoms with E-state index in [0.717, 1.165) is 24.7 Å². The van der Waals surface area contributed by atoms with E-state index in [1.54, 1.807) is 0 Å². The summed E-state index contributed by atoms with van der Waals surface area (Å²) < 4.78 is 0.